The summed E-state index contributed by atoms with van der Waals surface area (Å²) < 4.78 is 5.16. The molecule has 0 aliphatic heterocycles. The van der Waals surface area contributed by atoms with Crippen LogP contribution < -0.4 is 15.4 Å². The molecule has 0 bridgehead atoms. The van der Waals surface area contributed by atoms with E-state index in [0.29, 0.717) is 17.4 Å². The van der Waals surface area contributed by atoms with Gasteiger partial charge in [-0.25, -0.2) is 9.97 Å². The molecule has 0 radical (unpaired) electrons. The first-order valence-corrected chi connectivity index (χ1v) is 8.25. The van der Waals surface area contributed by atoms with Crippen LogP contribution in [0.1, 0.15) is 29.0 Å². The molecule has 1 unspecified atom stereocenters. The van der Waals surface area contributed by atoms with E-state index < -0.39 is 0 Å². The minimum absolute atomic E-state index is 0.0212. The minimum atomic E-state index is -0.309. The molecule has 1 amide bonds. The largest absolute Gasteiger partial charge is 0.497 e. The first-order chi connectivity index (χ1) is 12.7. The summed E-state index contributed by atoms with van der Waals surface area (Å²) in [4.78, 5) is 21.0. The highest BCUT2D eigenvalue weighted by atomic mass is 16.5. The van der Waals surface area contributed by atoms with Gasteiger partial charge in [0.1, 0.15) is 11.4 Å². The van der Waals surface area contributed by atoms with Crippen LogP contribution in [0, 0.1) is 0 Å². The molecule has 0 fully saturated rings. The number of rotatable bonds is 6. The molecule has 0 aliphatic rings. The summed E-state index contributed by atoms with van der Waals surface area (Å²) in [7, 11) is 1.58. The number of hydrogen-bond acceptors (Lipinski definition) is 5. The second-order valence-corrected chi connectivity index (χ2v) is 5.73. The monoisotopic (exact) mass is 348 g/mol. The van der Waals surface area contributed by atoms with Crippen LogP contribution in [0.15, 0.2) is 66.9 Å². The Balaban J connectivity index is 1.71. The number of aromatic nitrogens is 2. The summed E-state index contributed by atoms with van der Waals surface area (Å²) in [6, 6.07) is 18.7. The SMILES string of the molecule is COc1cccc(NC(=O)c2ccnc(NC(C)c3ccccc3)n2)c1. The molecule has 132 valence electrons. The highest BCUT2D eigenvalue weighted by Gasteiger charge is 2.12. The van der Waals surface area contributed by atoms with Crippen molar-refractivity contribution in [3.8, 4) is 5.75 Å². The van der Waals surface area contributed by atoms with Gasteiger partial charge in [0.2, 0.25) is 5.95 Å². The zero-order valence-electron chi connectivity index (χ0n) is 14.6. The quantitative estimate of drug-likeness (QED) is 0.706. The third-order valence-corrected chi connectivity index (χ3v) is 3.86. The van der Waals surface area contributed by atoms with Gasteiger partial charge in [-0.2, -0.15) is 0 Å². The fourth-order valence-corrected chi connectivity index (χ4v) is 2.47. The van der Waals surface area contributed by atoms with Crippen molar-refractivity contribution in [2.24, 2.45) is 0 Å². The lowest BCUT2D eigenvalue weighted by atomic mass is 10.1. The maximum absolute atomic E-state index is 12.5. The lowest BCUT2D eigenvalue weighted by molar-refractivity contribution is 0.102. The number of benzene rings is 2. The van der Waals surface area contributed by atoms with Crippen LogP contribution >= 0.6 is 0 Å². The van der Waals surface area contributed by atoms with Crippen molar-refractivity contribution in [2.45, 2.75) is 13.0 Å². The molecular formula is C20H20N4O2. The Bertz CT molecular complexity index is 884. The second-order valence-electron chi connectivity index (χ2n) is 5.73. The van der Waals surface area contributed by atoms with Crippen LogP contribution in [0.4, 0.5) is 11.6 Å². The van der Waals surface area contributed by atoms with Crippen LogP contribution in [0.3, 0.4) is 0 Å². The van der Waals surface area contributed by atoms with Gasteiger partial charge in [0.25, 0.3) is 5.91 Å². The summed E-state index contributed by atoms with van der Waals surface area (Å²) in [6.45, 7) is 2.02. The highest BCUT2D eigenvalue weighted by Crippen LogP contribution is 2.18. The number of nitrogens with one attached hydrogen (secondary N) is 2. The first kappa shape index (κ1) is 17.4. The van der Waals surface area contributed by atoms with Gasteiger partial charge in [0.15, 0.2) is 0 Å². The number of methoxy groups -OCH3 is 1. The van der Waals surface area contributed by atoms with E-state index in [-0.39, 0.29) is 17.6 Å². The number of nitrogens with zero attached hydrogens (tertiary/aromatic N) is 2. The lowest BCUT2D eigenvalue weighted by Crippen LogP contribution is -2.16. The third-order valence-electron chi connectivity index (χ3n) is 3.86. The van der Waals surface area contributed by atoms with Crippen LogP contribution in [-0.2, 0) is 0 Å². The van der Waals surface area contributed by atoms with E-state index in [2.05, 4.69) is 20.6 Å². The van der Waals surface area contributed by atoms with Crippen LogP contribution in [0.2, 0.25) is 0 Å². The molecule has 0 spiro atoms. The summed E-state index contributed by atoms with van der Waals surface area (Å²) in [5.74, 6) is 0.764. The van der Waals surface area contributed by atoms with Gasteiger partial charge in [-0.1, -0.05) is 36.4 Å². The molecule has 0 saturated carbocycles. The fourth-order valence-electron chi connectivity index (χ4n) is 2.47. The number of ether oxygens (including phenoxy) is 1. The smallest absolute Gasteiger partial charge is 0.274 e. The summed E-state index contributed by atoms with van der Waals surface area (Å²) >= 11 is 0. The average Bonchev–Trinajstić information content (AvgIpc) is 2.69. The van der Waals surface area contributed by atoms with Crippen molar-refractivity contribution in [1.29, 1.82) is 0 Å². The minimum Gasteiger partial charge on any atom is -0.497 e. The van der Waals surface area contributed by atoms with Crippen LogP contribution in [0.5, 0.6) is 5.75 Å². The molecule has 2 N–H and O–H groups in total. The maximum atomic E-state index is 12.5. The number of hydrogen-bond donors (Lipinski definition) is 2. The van der Waals surface area contributed by atoms with Crippen molar-refractivity contribution in [3.63, 3.8) is 0 Å². The van der Waals surface area contributed by atoms with Crippen molar-refractivity contribution in [2.75, 3.05) is 17.7 Å². The topological polar surface area (TPSA) is 76.1 Å². The van der Waals surface area contributed by atoms with E-state index in [1.165, 1.54) is 0 Å². The molecule has 6 nitrogen and oxygen atoms in total. The van der Waals surface area contributed by atoms with E-state index in [4.69, 9.17) is 4.74 Å². The lowest BCUT2D eigenvalue weighted by Gasteiger charge is -2.14. The Hall–Kier alpha value is -3.41. The number of carbonyl (C=O) groups excluding carboxylic acids is 1. The molecule has 3 aromatic rings. The normalized spacial score (nSPS) is 11.5. The Morgan fingerprint density at radius 1 is 1.08 bits per heavy atom. The number of amides is 1. The van der Waals surface area contributed by atoms with Crippen LogP contribution in [0.25, 0.3) is 0 Å². The third kappa shape index (κ3) is 4.36. The molecule has 3 rings (SSSR count). The van der Waals surface area contributed by atoms with Gasteiger partial charge in [0, 0.05) is 18.0 Å². The van der Waals surface area contributed by atoms with E-state index >= 15 is 0 Å². The van der Waals surface area contributed by atoms with E-state index in [1.54, 1.807) is 31.5 Å². The molecule has 1 aromatic heterocycles. The predicted octanol–water partition coefficient (Wildman–Crippen LogP) is 3.91. The Labute approximate surface area is 152 Å². The predicted molar refractivity (Wildman–Crippen MR) is 101 cm³/mol. The Kier molecular flexibility index (Phi) is 5.43. The molecule has 26 heavy (non-hydrogen) atoms. The van der Waals surface area contributed by atoms with E-state index in [9.17, 15) is 4.79 Å². The van der Waals surface area contributed by atoms with Gasteiger partial charge in [-0.05, 0) is 30.7 Å². The zero-order chi connectivity index (χ0) is 18.4. The van der Waals surface area contributed by atoms with Gasteiger partial charge < -0.3 is 15.4 Å². The van der Waals surface area contributed by atoms with E-state index in [0.717, 1.165) is 5.56 Å². The van der Waals surface area contributed by atoms with Crippen molar-refractivity contribution < 1.29 is 9.53 Å². The highest BCUT2D eigenvalue weighted by molar-refractivity contribution is 6.03. The van der Waals surface area contributed by atoms with Gasteiger partial charge in [-0.15, -0.1) is 0 Å². The molecule has 2 aromatic carbocycles. The van der Waals surface area contributed by atoms with Gasteiger partial charge in [0.05, 0.1) is 13.2 Å². The van der Waals surface area contributed by atoms with E-state index in [1.807, 2.05) is 49.4 Å². The maximum Gasteiger partial charge on any atom is 0.274 e. The van der Waals surface area contributed by atoms with Crippen LogP contribution in [-0.4, -0.2) is 23.0 Å². The number of anilines is 2. The summed E-state index contributed by atoms with van der Waals surface area (Å²) in [6.07, 6.45) is 1.56. The summed E-state index contributed by atoms with van der Waals surface area (Å²) in [5.41, 5.74) is 2.04. The Morgan fingerprint density at radius 3 is 2.65 bits per heavy atom. The Morgan fingerprint density at radius 2 is 1.88 bits per heavy atom. The average molecular weight is 348 g/mol. The molecule has 0 aliphatic carbocycles. The molecule has 0 saturated heterocycles. The number of carbonyl (C=O) groups is 1. The van der Waals surface area contributed by atoms with Gasteiger partial charge in [-0.3, -0.25) is 4.79 Å². The molecule has 1 heterocycles. The van der Waals surface area contributed by atoms with Gasteiger partial charge >= 0.3 is 0 Å². The molecule has 6 heteroatoms. The fraction of sp³-hybridized carbons (Fsp3) is 0.150. The van der Waals surface area contributed by atoms with Crippen molar-refractivity contribution >= 4 is 17.5 Å². The first-order valence-electron chi connectivity index (χ1n) is 8.25. The van der Waals surface area contributed by atoms with Crippen molar-refractivity contribution in [1.82, 2.24) is 9.97 Å². The standard InChI is InChI=1S/C20H20N4O2/c1-14(15-7-4-3-5-8-15)22-20-21-12-11-18(24-20)19(25)23-16-9-6-10-17(13-16)26-2/h3-14H,1-2H3,(H,23,25)(H,21,22,24). The van der Waals surface area contributed by atoms with Crippen molar-refractivity contribution in [3.05, 3.63) is 78.1 Å². The summed E-state index contributed by atoms with van der Waals surface area (Å²) in [5, 5.41) is 6.02. The molecule has 1 atom stereocenters. The second kappa shape index (κ2) is 8.11. The zero-order valence-corrected chi connectivity index (χ0v) is 14.6. The molecular weight excluding hydrogens is 328 g/mol.